The summed E-state index contributed by atoms with van der Waals surface area (Å²) in [6, 6.07) is 19.8. The molecule has 1 N–H and O–H groups in total. The van der Waals surface area contributed by atoms with Crippen LogP contribution in [-0.2, 0) is 24.2 Å². The molecule has 4 nitrogen and oxygen atoms in total. The molecule has 2 heterocycles. The Morgan fingerprint density at radius 1 is 1.19 bits per heavy atom. The number of hydrogen-bond donors (Lipinski definition) is 1. The van der Waals surface area contributed by atoms with Crippen molar-refractivity contribution in [3.8, 4) is 0 Å². The molecular formula is C22H23N3OS. The van der Waals surface area contributed by atoms with Crippen molar-refractivity contribution in [3.63, 3.8) is 0 Å². The first-order valence-electron chi connectivity index (χ1n) is 9.27. The SMILES string of the molecule is CC(=O)Nc1nc(CN2CCc3ccccc3[C@H]2Cc2ccccc2)cs1. The Bertz CT molecular complexity index is 922. The van der Waals surface area contributed by atoms with E-state index >= 15 is 0 Å². The fourth-order valence-corrected chi connectivity index (χ4v) is 4.51. The molecule has 1 atom stereocenters. The van der Waals surface area contributed by atoms with Crippen molar-refractivity contribution in [2.75, 3.05) is 11.9 Å². The molecule has 0 fully saturated rings. The van der Waals surface area contributed by atoms with Crippen LogP contribution in [0.2, 0.25) is 0 Å². The standard InChI is InChI=1S/C22H23N3OS/c1-16(26)23-22-24-19(15-27-22)14-25-12-11-18-9-5-6-10-20(18)21(25)13-17-7-3-2-4-8-17/h2-10,15,21H,11-14H2,1H3,(H,23,24,26)/t21-/m1/s1. The molecule has 0 bridgehead atoms. The highest BCUT2D eigenvalue weighted by molar-refractivity contribution is 7.13. The van der Waals surface area contributed by atoms with Crippen LogP contribution in [0.1, 0.15) is 35.3 Å². The number of benzene rings is 2. The van der Waals surface area contributed by atoms with Crippen molar-refractivity contribution in [2.45, 2.75) is 32.4 Å². The Balaban J connectivity index is 1.58. The zero-order chi connectivity index (χ0) is 18.6. The number of rotatable bonds is 5. The Morgan fingerprint density at radius 3 is 2.78 bits per heavy atom. The molecule has 4 rings (SSSR count). The molecule has 0 unspecified atom stereocenters. The first-order valence-corrected chi connectivity index (χ1v) is 10.1. The number of hydrogen-bond acceptors (Lipinski definition) is 4. The van der Waals surface area contributed by atoms with Crippen molar-refractivity contribution in [3.05, 3.63) is 82.4 Å². The maximum atomic E-state index is 11.3. The van der Waals surface area contributed by atoms with E-state index in [1.807, 2.05) is 5.38 Å². The molecule has 1 amide bonds. The van der Waals surface area contributed by atoms with Crippen LogP contribution in [0.5, 0.6) is 0 Å². The summed E-state index contributed by atoms with van der Waals surface area (Å²) in [7, 11) is 0. The highest BCUT2D eigenvalue weighted by Crippen LogP contribution is 2.34. The van der Waals surface area contributed by atoms with Gasteiger partial charge in [0.25, 0.3) is 0 Å². The van der Waals surface area contributed by atoms with Crippen LogP contribution in [0.3, 0.4) is 0 Å². The lowest BCUT2D eigenvalue weighted by atomic mass is 9.88. The molecule has 0 radical (unpaired) electrons. The predicted octanol–water partition coefficient (Wildman–Crippen LogP) is 4.44. The molecule has 0 spiro atoms. The quantitative estimate of drug-likeness (QED) is 0.715. The van der Waals surface area contributed by atoms with Gasteiger partial charge in [0.2, 0.25) is 5.91 Å². The van der Waals surface area contributed by atoms with Gasteiger partial charge in [-0.05, 0) is 29.5 Å². The molecule has 2 aromatic carbocycles. The van der Waals surface area contributed by atoms with Crippen molar-refractivity contribution < 1.29 is 4.79 Å². The van der Waals surface area contributed by atoms with E-state index in [9.17, 15) is 4.79 Å². The first kappa shape index (κ1) is 17.9. The van der Waals surface area contributed by atoms with Crippen LogP contribution >= 0.6 is 11.3 Å². The third-order valence-corrected chi connectivity index (χ3v) is 5.80. The average molecular weight is 378 g/mol. The summed E-state index contributed by atoms with van der Waals surface area (Å²) in [4.78, 5) is 18.4. The number of nitrogens with one attached hydrogen (secondary N) is 1. The highest BCUT2D eigenvalue weighted by atomic mass is 32.1. The number of anilines is 1. The van der Waals surface area contributed by atoms with Crippen LogP contribution in [0.25, 0.3) is 0 Å². The second kappa shape index (κ2) is 8.03. The largest absolute Gasteiger partial charge is 0.302 e. The van der Waals surface area contributed by atoms with E-state index in [0.29, 0.717) is 11.2 Å². The lowest BCUT2D eigenvalue weighted by Crippen LogP contribution is -2.36. The Kier molecular flexibility index (Phi) is 5.32. The minimum Gasteiger partial charge on any atom is -0.302 e. The zero-order valence-corrected chi connectivity index (χ0v) is 16.2. The third kappa shape index (κ3) is 4.26. The van der Waals surface area contributed by atoms with Gasteiger partial charge >= 0.3 is 0 Å². The van der Waals surface area contributed by atoms with Crippen molar-refractivity contribution in [1.29, 1.82) is 0 Å². The van der Waals surface area contributed by atoms with Crippen molar-refractivity contribution in [1.82, 2.24) is 9.88 Å². The highest BCUT2D eigenvalue weighted by Gasteiger charge is 2.27. The van der Waals surface area contributed by atoms with Gasteiger partial charge in [-0.2, -0.15) is 0 Å². The van der Waals surface area contributed by atoms with Gasteiger partial charge in [-0.15, -0.1) is 11.3 Å². The van der Waals surface area contributed by atoms with Gasteiger partial charge in [-0.25, -0.2) is 4.98 Å². The summed E-state index contributed by atoms with van der Waals surface area (Å²) in [5.74, 6) is -0.0789. The number of fused-ring (bicyclic) bond motifs is 1. The lowest BCUT2D eigenvalue weighted by molar-refractivity contribution is -0.114. The van der Waals surface area contributed by atoms with Gasteiger partial charge in [0.1, 0.15) is 0 Å². The maximum Gasteiger partial charge on any atom is 0.223 e. The molecular weight excluding hydrogens is 354 g/mol. The minimum absolute atomic E-state index is 0.0789. The second-order valence-electron chi connectivity index (χ2n) is 6.95. The third-order valence-electron chi connectivity index (χ3n) is 4.99. The van der Waals surface area contributed by atoms with Gasteiger partial charge < -0.3 is 5.32 Å². The second-order valence-corrected chi connectivity index (χ2v) is 7.81. The van der Waals surface area contributed by atoms with Gasteiger partial charge in [0.05, 0.1) is 5.69 Å². The Hall–Kier alpha value is -2.50. The molecule has 1 aliphatic rings. The van der Waals surface area contributed by atoms with E-state index in [1.54, 1.807) is 0 Å². The molecule has 27 heavy (non-hydrogen) atoms. The van der Waals surface area contributed by atoms with Gasteiger partial charge in [-0.3, -0.25) is 9.69 Å². The molecule has 1 aliphatic heterocycles. The number of carbonyl (C=O) groups excluding carboxylic acids is 1. The molecule has 0 saturated heterocycles. The van der Waals surface area contributed by atoms with Gasteiger partial charge in [0, 0.05) is 31.4 Å². The normalized spacial score (nSPS) is 16.7. The summed E-state index contributed by atoms with van der Waals surface area (Å²) < 4.78 is 0. The van der Waals surface area contributed by atoms with E-state index in [0.717, 1.165) is 31.6 Å². The minimum atomic E-state index is -0.0789. The topological polar surface area (TPSA) is 45.2 Å². The maximum absolute atomic E-state index is 11.3. The Morgan fingerprint density at radius 2 is 1.96 bits per heavy atom. The van der Waals surface area contributed by atoms with Crippen LogP contribution in [0, 0.1) is 0 Å². The number of thiazole rings is 1. The summed E-state index contributed by atoms with van der Waals surface area (Å²) >= 11 is 1.49. The first-order chi connectivity index (χ1) is 13.2. The summed E-state index contributed by atoms with van der Waals surface area (Å²) in [5.41, 5.74) is 5.24. The van der Waals surface area contributed by atoms with Crippen LogP contribution in [0.15, 0.2) is 60.0 Å². The van der Waals surface area contributed by atoms with E-state index < -0.39 is 0 Å². The number of amides is 1. The van der Waals surface area contributed by atoms with E-state index in [2.05, 4.69) is 69.8 Å². The smallest absolute Gasteiger partial charge is 0.223 e. The molecule has 0 aliphatic carbocycles. The summed E-state index contributed by atoms with van der Waals surface area (Å²) in [5, 5.41) is 5.50. The fraction of sp³-hybridized carbons (Fsp3) is 0.273. The van der Waals surface area contributed by atoms with Crippen molar-refractivity contribution >= 4 is 22.4 Å². The number of nitrogens with zero attached hydrogens (tertiary/aromatic N) is 2. The molecule has 1 aromatic heterocycles. The summed E-state index contributed by atoms with van der Waals surface area (Å²) in [6.07, 6.45) is 2.05. The van der Waals surface area contributed by atoms with Crippen LogP contribution < -0.4 is 5.32 Å². The number of carbonyl (C=O) groups is 1. The van der Waals surface area contributed by atoms with Gasteiger partial charge in [-0.1, -0.05) is 54.6 Å². The monoisotopic (exact) mass is 377 g/mol. The Labute approximate surface area is 163 Å². The van der Waals surface area contributed by atoms with Crippen LogP contribution in [0.4, 0.5) is 5.13 Å². The van der Waals surface area contributed by atoms with Crippen molar-refractivity contribution in [2.24, 2.45) is 0 Å². The summed E-state index contributed by atoms with van der Waals surface area (Å²) in [6.45, 7) is 3.32. The fourth-order valence-electron chi connectivity index (χ4n) is 3.76. The molecule has 0 saturated carbocycles. The molecule has 3 aromatic rings. The zero-order valence-electron chi connectivity index (χ0n) is 15.4. The van der Waals surface area contributed by atoms with E-state index in [1.165, 1.54) is 35.0 Å². The number of aromatic nitrogens is 1. The predicted molar refractivity (Wildman–Crippen MR) is 110 cm³/mol. The molecule has 138 valence electrons. The molecule has 5 heteroatoms. The van der Waals surface area contributed by atoms with E-state index in [-0.39, 0.29) is 5.91 Å². The van der Waals surface area contributed by atoms with Crippen LogP contribution in [-0.4, -0.2) is 22.3 Å². The average Bonchev–Trinajstić information content (AvgIpc) is 3.10. The lowest BCUT2D eigenvalue weighted by Gasteiger charge is -2.37. The van der Waals surface area contributed by atoms with Gasteiger partial charge in [0.15, 0.2) is 5.13 Å². The van der Waals surface area contributed by atoms with E-state index in [4.69, 9.17) is 0 Å².